The number of piperazine rings is 1. The normalized spacial score (nSPS) is 22.7. The van der Waals surface area contributed by atoms with E-state index in [2.05, 4.69) is 15.7 Å². The van der Waals surface area contributed by atoms with E-state index in [0.29, 0.717) is 40.9 Å². The summed E-state index contributed by atoms with van der Waals surface area (Å²) in [5.74, 6) is -5.15. The number of alkyl halides is 1. The Labute approximate surface area is 354 Å². The van der Waals surface area contributed by atoms with E-state index < -0.39 is 53.1 Å². The Bertz CT molecular complexity index is 2650. The number of anilines is 2. The summed E-state index contributed by atoms with van der Waals surface area (Å²) < 4.78 is 49.4. The average molecular weight is 851 g/mol. The lowest BCUT2D eigenvalue weighted by Gasteiger charge is -2.47. The highest BCUT2D eigenvalue weighted by atomic mass is 19.1. The van der Waals surface area contributed by atoms with Crippen LogP contribution < -0.4 is 15.5 Å². The van der Waals surface area contributed by atoms with Crippen LogP contribution in [0, 0.1) is 28.9 Å². The van der Waals surface area contributed by atoms with Gasteiger partial charge in [0.1, 0.15) is 23.4 Å². The molecule has 0 bridgehead atoms. The van der Waals surface area contributed by atoms with Crippen molar-refractivity contribution in [3.05, 3.63) is 88.9 Å². The number of benzene rings is 2. The number of hydrogen-bond acceptors (Lipinski definition) is 10. The van der Waals surface area contributed by atoms with E-state index in [9.17, 15) is 29.5 Å². The molecule has 5 aromatic rings. The Morgan fingerprint density at radius 3 is 2.37 bits per heavy atom. The number of nitrogens with zero attached hydrogens (tertiary/aromatic N) is 8. The molecular weight excluding hydrogens is 806 g/mol. The lowest BCUT2D eigenvalue weighted by Crippen LogP contribution is -2.61. The Morgan fingerprint density at radius 1 is 0.968 bits per heavy atom. The molecule has 0 unspecified atom stereocenters. The van der Waals surface area contributed by atoms with Crippen LogP contribution >= 0.6 is 0 Å². The van der Waals surface area contributed by atoms with Gasteiger partial charge in [-0.3, -0.25) is 34.1 Å². The number of carbonyl (C=O) groups excluding carboxylic acids is 4. The Hall–Kier alpha value is -6.32. The molecule has 1 saturated carbocycles. The number of aromatic nitrogens is 4. The number of nitrogens with one attached hydrogen (secondary N) is 2. The lowest BCUT2D eigenvalue weighted by atomic mass is 9.89. The third-order valence-electron chi connectivity index (χ3n) is 12.9. The van der Waals surface area contributed by atoms with Crippen LogP contribution in [0.15, 0.2) is 54.9 Å². The van der Waals surface area contributed by atoms with Crippen LogP contribution in [-0.4, -0.2) is 103 Å². The highest BCUT2D eigenvalue weighted by Crippen LogP contribution is 2.38. The van der Waals surface area contributed by atoms with Crippen LogP contribution in [-0.2, 0) is 20.0 Å². The number of aliphatic hydroxyl groups is 1. The number of fused-ring (bicyclic) bond motifs is 2. The van der Waals surface area contributed by atoms with Crippen molar-refractivity contribution in [2.45, 2.75) is 82.3 Å². The summed E-state index contributed by atoms with van der Waals surface area (Å²) in [6, 6.07) is 12.9. The van der Waals surface area contributed by atoms with Gasteiger partial charge in [0.25, 0.3) is 5.91 Å². The minimum absolute atomic E-state index is 0.00671. The quantitative estimate of drug-likeness (QED) is 0.144. The van der Waals surface area contributed by atoms with Crippen molar-refractivity contribution in [1.82, 2.24) is 34.5 Å². The van der Waals surface area contributed by atoms with Gasteiger partial charge in [-0.2, -0.15) is 15.5 Å². The SMILES string of the molecule is CC(C)(O)c1cc2nn(C3CCC(N4CCN(C(=O)C5CN(c6cc(F)c([C@H]7CCC(=O)NC7=O)c(F)c6)C5)C[C@H]4F)CC3)cc2cc1NC(=O)c1ccc2cc(C#N)cnn12. The standard InChI is InChI=1S/C44H45F3N10O5/c1-44(2,62)32-17-35-25(14-36(32)50-42(60)37-9-7-29-13-24(18-48)19-49-57(29)37)22-56(52-35)28-5-3-27(4-6-28)55-12-11-53(23-38(55)47)43(61)26-20-54(21-26)30-15-33(45)40(34(46)16-30)31-8-10-39(58)51-41(31)59/h7,9,13-17,19,22,26-28,31,38,62H,3-6,8,10-12,20-21,23H2,1-2H3,(H,50,60)(H,51,58,59)/t27?,28?,31-,38+/m1/s1. The molecule has 62 heavy (non-hydrogen) atoms. The van der Waals surface area contributed by atoms with Crippen molar-refractivity contribution in [2.24, 2.45) is 5.92 Å². The predicted molar refractivity (Wildman–Crippen MR) is 219 cm³/mol. The topological polar surface area (TPSA) is 181 Å². The van der Waals surface area contributed by atoms with E-state index in [0.717, 1.165) is 43.2 Å². The third-order valence-corrected chi connectivity index (χ3v) is 12.9. The molecule has 6 heterocycles. The number of piperidine rings is 1. The fourth-order valence-corrected chi connectivity index (χ4v) is 9.49. The summed E-state index contributed by atoms with van der Waals surface area (Å²) in [5.41, 5.74) is 1.35. The predicted octanol–water partition coefficient (Wildman–Crippen LogP) is 4.89. The van der Waals surface area contributed by atoms with E-state index in [4.69, 9.17) is 5.10 Å². The van der Waals surface area contributed by atoms with Gasteiger partial charge in [0, 0.05) is 72.7 Å². The van der Waals surface area contributed by atoms with Crippen LogP contribution in [0.2, 0.25) is 0 Å². The maximum Gasteiger partial charge on any atom is 0.274 e. The number of rotatable bonds is 8. The molecule has 2 atom stereocenters. The van der Waals surface area contributed by atoms with E-state index in [1.807, 2.05) is 21.8 Å². The first-order valence-electron chi connectivity index (χ1n) is 20.9. The summed E-state index contributed by atoms with van der Waals surface area (Å²) in [5, 5.41) is 35.3. The number of halogens is 3. The molecule has 3 N–H and O–H groups in total. The average Bonchev–Trinajstić information content (AvgIpc) is 3.84. The van der Waals surface area contributed by atoms with Gasteiger partial charge in [-0.1, -0.05) is 0 Å². The monoisotopic (exact) mass is 850 g/mol. The fourth-order valence-electron chi connectivity index (χ4n) is 9.49. The molecule has 322 valence electrons. The number of nitriles is 1. The number of imide groups is 1. The molecule has 2 aromatic carbocycles. The summed E-state index contributed by atoms with van der Waals surface area (Å²) in [6.07, 6.45) is 4.95. The second kappa shape index (κ2) is 15.9. The molecule has 9 rings (SSSR count). The molecule has 18 heteroatoms. The molecule has 1 aliphatic carbocycles. The van der Waals surface area contributed by atoms with Crippen molar-refractivity contribution in [3.8, 4) is 6.07 Å². The molecule has 4 fully saturated rings. The van der Waals surface area contributed by atoms with Crippen molar-refractivity contribution in [3.63, 3.8) is 0 Å². The third kappa shape index (κ3) is 7.64. The zero-order valence-electron chi connectivity index (χ0n) is 34.2. The van der Waals surface area contributed by atoms with Crippen LogP contribution in [0.4, 0.5) is 24.5 Å². The van der Waals surface area contributed by atoms with E-state index in [1.165, 1.54) is 10.7 Å². The van der Waals surface area contributed by atoms with Gasteiger partial charge >= 0.3 is 0 Å². The summed E-state index contributed by atoms with van der Waals surface area (Å²) in [7, 11) is 0. The van der Waals surface area contributed by atoms with Gasteiger partial charge < -0.3 is 20.2 Å². The first-order chi connectivity index (χ1) is 29.6. The van der Waals surface area contributed by atoms with E-state index in [-0.39, 0.29) is 67.4 Å². The van der Waals surface area contributed by atoms with Gasteiger partial charge in [-0.05, 0) is 88.4 Å². The van der Waals surface area contributed by atoms with Crippen LogP contribution in [0.25, 0.3) is 16.4 Å². The van der Waals surface area contributed by atoms with Crippen LogP contribution in [0.3, 0.4) is 0 Å². The molecule has 0 spiro atoms. The minimum atomic E-state index is -1.34. The summed E-state index contributed by atoms with van der Waals surface area (Å²) >= 11 is 0. The zero-order chi connectivity index (χ0) is 43.6. The maximum absolute atomic E-state index is 15.8. The van der Waals surface area contributed by atoms with Crippen molar-refractivity contribution in [2.75, 3.05) is 42.9 Å². The fraction of sp³-hybridized carbons (Fsp3) is 0.432. The van der Waals surface area contributed by atoms with Gasteiger partial charge in [-0.15, -0.1) is 0 Å². The summed E-state index contributed by atoms with van der Waals surface area (Å²) in [6.45, 7) is 4.41. The number of amides is 4. The second-order valence-electron chi connectivity index (χ2n) is 17.3. The molecule has 4 aliphatic rings. The molecule has 4 amide bonds. The Balaban J connectivity index is 0.792. The van der Waals surface area contributed by atoms with Crippen molar-refractivity contribution >= 4 is 51.4 Å². The maximum atomic E-state index is 15.8. The number of carbonyl (C=O) groups is 4. The highest BCUT2D eigenvalue weighted by Gasteiger charge is 2.42. The largest absolute Gasteiger partial charge is 0.386 e. The van der Waals surface area contributed by atoms with Gasteiger partial charge in [0.2, 0.25) is 17.7 Å². The second-order valence-corrected chi connectivity index (χ2v) is 17.3. The van der Waals surface area contributed by atoms with Crippen LogP contribution in [0.1, 0.15) is 91.5 Å². The summed E-state index contributed by atoms with van der Waals surface area (Å²) in [4.78, 5) is 55.7. The Morgan fingerprint density at radius 2 is 1.69 bits per heavy atom. The highest BCUT2D eigenvalue weighted by molar-refractivity contribution is 6.05. The zero-order valence-corrected chi connectivity index (χ0v) is 34.2. The molecule has 3 aliphatic heterocycles. The van der Waals surface area contributed by atoms with E-state index in [1.54, 1.807) is 54.0 Å². The molecule has 3 aromatic heterocycles. The smallest absolute Gasteiger partial charge is 0.274 e. The first kappa shape index (κ1) is 41.1. The van der Waals surface area contributed by atoms with Crippen molar-refractivity contribution < 1.29 is 37.5 Å². The van der Waals surface area contributed by atoms with Crippen molar-refractivity contribution in [1.29, 1.82) is 5.26 Å². The minimum Gasteiger partial charge on any atom is -0.386 e. The molecular formula is C44H45F3N10O5. The molecule has 15 nitrogen and oxygen atoms in total. The molecule has 0 radical (unpaired) electrons. The van der Waals surface area contributed by atoms with Gasteiger partial charge in [0.05, 0.1) is 52.8 Å². The van der Waals surface area contributed by atoms with E-state index >= 15 is 13.2 Å². The lowest BCUT2D eigenvalue weighted by molar-refractivity contribution is -0.143. The first-order valence-corrected chi connectivity index (χ1v) is 20.9. The van der Waals surface area contributed by atoms with Gasteiger partial charge in [-0.25, -0.2) is 17.7 Å². The number of hydrogen-bond donors (Lipinski definition) is 3. The Kier molecular flexibility index (Phi) is 10.5. The molecule has 3 saturated heterocycles. The van der Waals surface area contributed by atoms with Crippen LogP contribution in [0.5, 0.6) is 0 Å². The van der Waals surface area contributed by atoms with Gasteiger partial charge in [0.15, 0.2) is 6.30 Å².